The molecule has 1 heterocycles. The summed E-state index contributed by atoms with van der Waals surface area (Å²) in [6.45, 7) is 0. The van der Waals surface area contributed by atoms with Crippen LogP contribution in [0.1, 0.15) is 5.56 Å². The molecule has 1 aliphatic heterocycles. The zero-order valence-electron chi connectivity index (χ0n) is 11.7. The summed E-state index contributed by atoms with van der Waals surface area (Å²) in [5, 5.41) is 13.3. The van der Waals surface area contributed by atoms with Crippen LogP contribution in [0.25, 0.3) is 0 Å². The van der Waals surface area contributed by atoms with E-state index in [9.17, 15) is 24.1 Å². The molecule has 0 fully saturated rings. The highest BCUT2D eigenvalue weighted by molar-refractivity contribution is 6.22. The minimum absolute atomic E-state index is 0.0199. The van der Waals surface area contributed by atoms with E-state index in [0.717, 1.165) is 17.0 Å². The first-order valence-electron chi connectivity index (χ1n) is 6.63. The Morgan fingerprint density at radius 1 is 1.26 bits per heavy atom. The highest BCUT2D eigenvalue weighted by Gasteiger charge is 2.35. The number of imide groups is 1. The molecule has 0 aliphatic carbocycles. The van der Waals surface area contributed by atoms with Crippen molar-refractivity contribution in [2.45, 2.75) is 6.42 Å². The molecule has 0 aromatic heterocycles. The van der Waals surface area contributed by atoms with Crippen LogP contribution in [0.2, 0.25) is 0 Å². The maximum Gasteiger partial charge on any atom is 0.333 e. The molecule has 1 aliphatic rings. The van der Waals surface area contributed by atoms with Gasteiger partial charge in [-0.2, -0.15) is 4.39 Å². The van der Waals surface area contributed by atoms with Crippen LogP contribution in [0, 0.1) is 15.9 Å². The minimum Gasteiger partial charge on any atom is -0.307 e. The van der Waals surface area contributed by atoms with Crippen molar-refractivity contribution in [2.75, 3.05) is 10.2 Å². The number of halogens is 1. The second-order valence-corrected chi connectivity index (χ2v) is 4.89. The van der Waals surface area contributed by atoms with Crippen molar-refractivity contribution >= 4 is 29.0 Å². The molecule has 2 aromatic rings. The summed E-state index contributed by atoms with van der Waals surface area (Å²) in [5.41, 5.74) is 0.0147. The van der Waals surface area contributed by atoms with Gasteiger partial charge in [0, 0.05) is 17.8 Å². The molecule has 0 saturated heterocycles. The molecule has 0 saturated carbocycles. The van der Waals surface area contributed by atoms with E-state index in [1.165, 1.54) is 0 Å². The van der Waals surface area contributed by atoms with E-state index in [4.69, 9.17) is 0 Å². The van der Waals surface area contributed by atoms with Gasteiger partial charge in [-0.1, -0.05) is 18.2 Å². The van der Waals surface area contributed by atoms with Crippen molar-refractivity contribution in [1.82, 2.24) is 0 Å². The molecular weight excluding hydrogens is 305 g/mol. The first-order chi connectivity index (χ1) is 11.0. The van der Waals surface area contributed by atoms with Gasteiger partial charge in [0.1, 0.15) is 0 Å². The number of nitrogens with one attached hydrogen (secondary N) is 1. The van der Waals surface area contributed by atoms with Gasteiger partial charge in [0.2, 0.25) is 11.7 Å². The Bertz CT molecular complexity index is 823. The lowest BCUT2D eigenvalue weighted by atomic mass is 10.1. The smallest absolute Gasteiger partial charge is 0.307 e. The van der Waals surface area contributed by atoms with Crippen LogP contribution in [0.5, 0.6) is 0 Å². The zero-order chi connectivity index (χ0) is 16.6. The molecule has 0 radical (unpaired) electrons. The van der Waals surface area contributed by atoms with E-state index < -0.39 is 28.4 Å². The van der Waals surface area contributed by atoms with Gasteiger partial charge in [0.15, 0.2) is 0 Å². The Hall–Kier alpha value is -3.29. The predicted molar refractivity (Wildman–Crippen MR) is 79.7 cm³/mol. The molecule has 3 rings (SSSR count). The zero-order valence-corrected chi connectivity index (χ0v) is 11.7. The van der Waals surface area contributed by atoms with Crippen LogP contribution in [0.4, 0.5) is 26.2 Å². The maximum atomic E-state index is 13.8. The SMILES string of the molecule is O=C1Cc2cc([N+](=O)[O-])c(F)cc2N1C(=O)Nc1ccccc1. The average molecular weight is 315 g/mol. The van der Waals surface area contributed by atoms with Gasteiger partial charge >= 0.3 is 11.7 Å². The molecular formula is C15H10FN3O4. The number of anilines is 2. The van der Waals surface area contributed by atoms with E-state index in [1.54, 1.807) is 30.3 Å². The summed E-state index contributed by atoms with van der Waals surface area (Å²) < 4.78 is 13.8. The number of carbonyl (C=O) groups excluding carboxylic acids is 2. The fraction of sp³-hybridized carbons (Fsp3) is 0.0667. The van der Waals surface area contributed by atoms with Crippen LogP contribution < -0.4 is 10.2 Å². The number of nitrogens with zero attached hydrogens (tertiary/aromatic N) is 2. The van der Waals surface area contributed by atoms with Crippen LogP contribution in [-0.4, -0.2) is 16.9 Å². The second kappa shape index (κ2) is 5.48. The van der Waals surface area contributed by atoms with Crippen molar-refractivity contribution in [1.29, 1.82) is 0 Å². The summed E-state index contributed by atoms with van der Waals surface area (Å²) in [7, 11) is 0. The molecule has 1 N–H and O–H groups in total. The van der Waals surface area contributed by atoms with Crippen LogP contribution in [0.15, 0.2) is 42.5 Å². The Morgan fingerprint density at radius 2 is 1.96 bits per heavy atom. The van der Waals surface area contributed by atoms with Crippen LogP contribution in [0.3, 0.4) is 0 Å². The fourth-order valence-corrected chi connectivity index (χ4v) is 2.38. The third kappa shape index (κ3) is 2.61. The Kier molecular flexibility index (Phi) is 3.49. The van der Waals surface area contributed by atoms with Gasteiger partial charge in [-0.3, -0.25) is 14.9 Å². The molecule has 8 heteroatoms. The Labute approximate surface area is 129 Å². The number of urea groups is 1. The van der Waals surface area contributed by atoms with E-state index in [-0.39, 0.29) is 17.7 Å². The lowest BCUT2D eigenvalue weighted by molar-refractivity contribution is -0.387. The number of amides is 3. The number of carbonyl (C=O) groups is 2. The molecule has 0 unspecified atom stereocenters. The van der Waals surface area contributed by atoms with Gasteiger partial charge in [-0.15, -0.1) is 0 Å². The third-order valence-corrected chi connectivity index (χ3v) is 3.40. The highest BCUT2D eigenvalue weighted by Crippen LogP contribution is 2.34. The van der Waals surface area contributed by atoms with E-state index in [2.05, 4.69) is 5.32 Å². The summed E-state index contributed by atoms with van der Waals surface area (Å²) in [6, 6.07) is 9.53. The molecule has 2 aromatic carbocycles. The van der Waals surface area contributed by atoms with Gasteiger partial charge in [-0.05, 0) is 17.7 Å². The number of hydrogen-bond donors (Lipinski definition) is 1. The molecule has 0 spiro atoms. The number of rotatable bonds is 2. The van der Waals surface area contributed by atoms with Gasteiger partial charge in [0.25, 0.3) is 0 Å². The van der Waals surface area contributed by atoms with Crippen molar-refractivity contribution in [3.63, 3.8) is 0 Å². The van der Waals surface area contributed by atoms with Gasteiger partial charge < -0.3 is 5.32 Å². The topological polar surface area (TPSA) is 92.5 Å². The quantitative estimate of drug-likeness (QED) is 0.681. The largest absolute Gasteiger partial charge is 0.333 e. The van der Waals surface area contributed by atoms with Crippen molar-refractivity contribution in [3.05, 3.63) is 64.0 Å². The first kappa shape index (κ1) is 14.6. The molecule has 0 bridgehead atoms. The molecule has 23 heavy (non-hydrogen) atoms. The lowest BCUT2D eigenvalue weighted by Crippen LogP contribution is -2.37. The summed E-state index contributed by atoms with van der Waals surface area (Å²) in [6.07, 6.45) is -0.196. The van der Waals surface area contributed by atoms with Crippen LogP contribution >= 0.6 is 0 Å². The minimum atomic E-state index is -1.10. The molecule has 0 atom stereocenters. The fourth-order valence-electron chi connectivity index (χ4n) is 2.38. The number of fused-ring (bicyclic) bond motifs is 1. The van der Waals surface area contributed by atoms with Crippen molar-refractivity contribution in [2.24, 2.45) is 0 Å². The number of hydrogen-bond acceptors (Lipinski definition) is 4. The summed E-state index contributed by atoms with van der Waals surface area (Å²) in [4.78, 5) is 34.9. The lowest BCUT2D eigenvalue weighted by Gasteiger charge is -2.16. The highest BCUT2D eigenvalue weighted by atomic mass is 19.1. The molecule has 3 amide bonds. The van der Waals surface area contributed by atoms with Crippen molar-refractivity contribution in [3.8, 4) is 0 Å². The molecule has 7 nitrogen and oxygen atoms in total. The number of nitro benzene ring substituents is 1. The number of nitro groups is 1. The van der Waals surface area contributed by atoms with E-state index >= 15 is 0 Å². The normalized spacial score (nSPS) is 12.9. The van der Waals surface area contributed by atoms with Crippen LogP contribution in [-0.2, 0) is 11.2 Å². The monoisotopic (exact) mass is 315 g/mol. The van der Waals surface area contributed by atoms with Crippen molar-refractivity contribution < 1.29 is 18.9 Å². The van der Waals surface area contributed by atoms with Gasteiger partial charge in [-0.25, -0.2) is 9.69 Å². The molecule has 116 valence electrons. The predicted octanol–water partition coefficient (Wildman–Crippen LogP) is 2.86. The number of para-hydroxylation sites is 1. The second-order valence-electron chi connectivity index (χ2n) is 4.89. The van der Waals surface area contributed by atoms with E-state index in [0.29, 0.717) is 5.69 Å². The Morgan fingerprint density at radius 3 is 2.61 bits per heavy atom. The Balaban J connectivity index is 1.94. The third-order valence-electron chi connectivity index (χ3n) is 3.40. The maximum absolute atomic E-state index is 13.8. The van der Waals surface area contributed by atoms with E-state index in [1.807, 2.05) is 0 Å². The van der Waals surface area contributed by atoms with Gasteiger partial charge in [0.05, 0.1) is 17.0 Å². The summed E-state index contributed by atoms with van der Waals surface area (Å²) in [5.74, 6) is -1.67. The average Bonchev–Trinajstić information content (AvgIpc) is 2.82. The number of benzene rings is 2. The standard InChI is InChI=1S/C15H10FN3O4/c16-11-8-12-9(6-13(11)19(22)23)7-14(20)18(12)15(21)17-10-4-2-1-3-5-10/h1-6,8H,7H2,(H,17,21). The first-order valence-corrected chi connectivity index (χ1v) is 6.63. The summed E-state index contributed by atoms with van der Waals surface area (Å²) >= 11 is 0.